The Balaban J connectivity index is 1.57. The van der Waals surface area contributed by atoms with Gasteiger partial charge in [-0.3, -0.25) is 4.98 Å². The number of aromatic nitrogens is 1. The Labute approximate surface area is 154 Å². The van der Waals surface area contributed by atoms with Crippen molar-refractivity contribution in [1.82, 2.24) is 9.88 Å². The van der Waals surface area contributed by atoms with Gasteiger partial charge in [0.25, 0.3) is 0 Å². The summed E-state index contributed by atoms with van der Waals surface area (Å²) in [4.78, 5) is 18.7. The van der Waals surface area contributed by atoms with Crippen LogP contribution in [0.15, 0.2) is 48.7 Å². The average Bonchev–Trinajstić information content (AvgIpc) is 2.70. The molecule has 1 atom stereocenters. The number of para-hydroxylation sites is 2. The van der Waals surface area contributed by atoms with Gasteiger partial charge in [0.15, 0.2) is 0 Å². The predicted molar refractivity (Wildman–Crippen MR) is 101 cm³/mol. The van der Waals surface area contributed by atoms with E-state index in [-0.39, 0.29) is 12.1 Å². The molecule has 6 nitrogen and oxygen atoms in total. The lowest BCUT2D eigenvalue weighted by molar-refractivity contribution is 0.0458. The quantitative estimate of drug-likeness (QED) is 0.863. The molecule has 1 saturated heterocycles. The molecule has 1 aliphatic heterocycles. The Morgan fingerprint density at radius 3 is 2.92 bits per heavy atom. The van der Waals surface area contributed by atoms with Crippen LogP contribution in [0.4, 0.5) is 10.5 Å². The van der Waals surface area contributed by atoms with Gasteiger partial charge in [0, 0.05) is 38.5 Å². The number of hydrogen-bond acceptors (Lipinski definition) is 4. The number of piperidine rings is 1. The van der Waals surface area contributed by atoms with Gasteiger partial charge in [-0.1, -0.05) is 18.2 Å². The van der Waals surface area contributed by atoms with Gasteiger partial charge in [0.1, 0.15) is 5.75 Å². The molecule has 0 unspecified atom stereocenters. The summed E-state index contributed by atoms with van der Waals surface area (Å²) in [6.45, 7) is 1.86. The third kappa shape index (κ3) is 4.95. The SMILES string of the molecule is CO[C@H]1CCCN(C(=O)Nc2ccccc2OCCc2ccccn2)C1. The maximum Gasteiger partial charge on any atom is 0.322 e. The van der Waals surface area contributed by atoms with Crippen LogP contribution in [-0.2, 0) is 11.2 Å². The second-order valence-corrected chi connectivity index (χ2v) is 6.29. The van der Waals surface area contributed by atoms with E-state index in [1.54, 1.807) is 18.2 Å². The van der Waals surface area contributed by atoms with Crippen molar-refractivity contribution in [2.45, 2.75) is 25.4 Å². The maximum absolute atomic E-state index is 12.6. The van der Waals surface area contributed by atoms with Gasteiger partial charge >= 0.3 is 6.03 Å². The number of rotatable bonds is 6. The van der Waals surface area contributed by atoms with Crippen LogP contribution < -0.4 is 10.1 Å². The molecule has 138 valence electrons. The highest BCUT2D eigenvalue weighted by Gasteiger charge is 2.23. The Hall–Kier alpha value is -2.60. The number of benzene rings is 1. The summed E-state index contributed by atoms with van der Waals surface area (Å²) in [6.07, 6.45) is 4.54. The molecule has 0 spiro atoms. The van der Waals surface area contributed by atoms with Crippen LogP contribution in [0.3, 0.4) is 0 Å². The maximum atomic E-state index is 12.6. The number of pyridine rings is 1. The first-order chi connectivity index (χ1) is 12.8. The van der Waals surface area contributed by atoms with Gasteiger partial charge in [-0.2, -0.15) is 0 Å². The number of likely N-dealkylation sites (tertiary alicyclic amines) is 1. The van der Waals surface area contributed by atoms with Crippen molar-refractivity contribution in [1.29, 1.82) is 0 Å². The summed E-state index contributed by atoms with van der Waals surface area (Å²) in [5, 5.41) is 2.96. The van der Waals surface area contributed by atoms with E-state index in [4.69, 9.17) is 9.47 Å². The number of amides is 2. The van der Waals surface area contributed by atoms with E-state index in [0.29, 0.717) is 31.0 Å². The molecular formula is C20H25N3O3. The van der Waals surface area contributed by atoms with Crippen LogP contribution in [0.1, 0.15) is 18.5 Å². The lowest BCUT2D eigenvalue weighted by Gasteiger charge is -2.32. The fourth-order valence-corrected chi connectivity index (χ4v) is 3.02. The topological polar surface area (TPSA) is 63.7 Å². The predicted octanol–water partition coefficient (Wildman–Crippen LogP) is 3.35. The van der Waals surface area contributed by atoms with Crippen LogP contribution >= 0.6 is 0 Å². The van der Waals surface area contributed by atoms with Crippen LogP contribution in [-0.4, -0.2) is 48.8 Å². The van der Waals surface area contributed by atoms with Crippen LogP contribution in [0, 0.1) is 0 Å². The lowest BCUT2D eigenvalue weighted by Crippen LogP contribution is -2.44. The van der Waals surface area contributed by atoms with E-state index < -0.39 is 0 Å². The molecule has 6 heteroatoms. The molecule has 2 amide bonds. The number of urea groups is 1. The minimum atomic E-state index is -0.118. The molecule has 0 saturated carbocycles. The minimum Gasteiger partial charge on any atom is -0.491 e. The Morgan fingerprint density at radius 1 is 1.27 bits per heavy atom. The van der Waals surface area contributed by atoms with Crippen molar-refractivity contribution in [3.63, 3.8) is 0 Å². The minimum absolute atomic E-state index is 0.111. The average molecular weight is 355 g/mol. The zero-order chi connectivity index (χ0) is 18.2. The van der Waals surface area contributed by atoms with E-state index in [9.17, 15) is 4.79 Å². The molecule has 2 heterocycles. The molecule has 0 aliphatic carbocycles. The zero-order valence-corrected chi connectivity index (χ0v) is 15.1. The highest BCUT2D eigenvalue weighted by Crippen LogP contribution is 2.25. The first-order valence-electron chi connectivity index (χ1n) is 8.96. The van der Waals surface area contributed by atoms with Crippen molar-refractivity contribution in [3.05, 3.63) is 54.4 Å². The number of nitrogens with one attached hydrogen (secondary N) is 1. The first kappa shape index (κ1) is 18.2. The van der Waals surface area contributed by atoms with Crippen molar-refractivity contribution in [2.75, 3.05) is 32.1 Å². The molecule has 1 aromatic heterocycles. The van der Waals surface area contributed by atoms with Gasteiger partial charge in [0.2, 0.25) is 0 Å². The smallest absolute Gasteiger partial charge is 0.322 e. The highest BCUT2D eigenvalue weighted by molar-refractivity contribution is 5.91. The van der Waals surface area contributed by atoms with Crippen molar-refractivity contribution in [2.24, 2.45) is 0 Å². The normalized spacial score (nSPS) is 17.0. The van der Waals surface area contributed by atoms with Gasteiger partial charge in [-0.15, -0.1) is 0 Å². The van der Waals surface area contributed by atoms with E-state index in [2.05, 4.69) is 10.3 Å². The highest BCUT2D eigenvalue weighted by atomic mass is 16.5. The molecule has 2 aromatic rings. The van der Waals surface area contributed by atoms with Gasteiger partial charge in [-0.25, -0.2) is 4.79 Å². The van der Waals surface area contributed by atoms with Gasteiger partial charge in [-0.05, 0) is 37.1 Å². The van der Waals surface area contributed by atoms with Crippen molar-refractivity contribution >= 4 is 11.7 Å². The Bertz CT molecular complexity index is 708. The second kappa shape index (κ2) is 9.20. The van der Waals surface area contributed by atoms with Crippen molar-refractivity contribution < 1.29 is 14.3 Å². The number of hydrogen-bond donors (Lipinski definition) is 1. The molecule has 26 heavy (non-hydrogen) atoms. The van der Waals surface area contributed by atoms with Gasteiger partial charge in [0.05, 0.1) is 18.4 Å². The molecule has 3 rings (SSSR count). The monoisotopic (exact) mass is 355 g/mol. The lowest BCUT2D eigenvalue weighted by atomic mass is 10.1. The summed E-state index contributed by atoms with van der Waals surface area (Å²) in [7, 11) is 1.69. The number of nitrogens with zero attached hydrogens (tertiary/aromatic N) is 2. The number of carbonyl (C=O) groups excluding carboxylic acids is 1. The molecule has 1 aliphatic rings. The summed E-state index contributed by atoms with van der Waals surface area (Å²) >= 11 is 0. The van der Waals surface area contributed by atoms with Gasteiger partial charge < -0.3 is 19.7 Å². The van der Waals surface area contributed by atoms with E-state index in [0.717, 1.165) is 25.1 Å². The van der Waals surface area contributed by atoms with E-state index in [1.807, 2.05) is 42.5 Å². The van der Waals surface area contributed by atoms with Crippen LogP contribution in [0.25, 0.3) is 0 Å². The fraction of sp³-hybridized carbons (Fsp3) is 0.400. The molecule has 0 radical (unpaired) electrons. The fourth-order valence-electron chi connectivity index (χ4n) is 3.02. The third-order valence-corrected chi connectivity index (χ3v) is 4.47. The third-order valence-electron chi connectivity index (χ3n) is 4.47. The molecule has 0 bridgehead atoms. The first-order valence-corrected chi connectivity index (χ1v) is 8.96. The summed E-state index contributed by atoms with van der Waals surface area (Å²) < 4.78 is 11.3. The molecular weight excluding hydrogens is 330 g/mol. The summed E-state index contributed by atoms with van der Waals surface area (Å²) in [6, 6.07) is 13.2. The standard InChI is InChI=1S/C20H25N3O3/c1-25-17-8-6-13-23(15-17)20(24)22-18-9-2-3-10-19(18)26-14-11-16-7-4-5-12-21-16/h2-5,7,9-10,12,17H,6,8,11,13-15H2,1H3,(H,22,24)/t17-/m0/s1. The zero-order valence-electron chi connectivity index (χ0n) is 15.1. The van der Waals surface area contributed by atoms with E-state index in [1.165, 1.54) is 0 Å². The van der Waals surface area contributed by atoms with E-state index >= 15 is 0 Å². The van der Waals surface area contributed by atoms with Crippen molar-refractivity contribution in [3.8, 4) is 5.75 Å². The second-order valence-electron chi connectivity index (χ2n) is 6.29. The Morgan fingerprint density at radius 2 is 2.12 bits per heavy atom. The molecule has 1 N–H and O–H groups in total. The number of carbonyl (C=O) groups is 1. The molecule has 1 fully saturated rings. The largest absolute Gasteiger partial charge is 0.491 e. The molecule has 1 aromatic carbocycles. The number of ether oxygens (including phenoxy) is 2. The summed E-state index contributed by atoms with van der Waals surface area (Å²) in [5.41, 5.74) is 1.66. The summed E-state index contributed by atoms with van der Waals surface area (Å²) in [5.74, 6) is 0.664. The number of methoxy groups -OCH3 is 1. The van der Waals surface area contributed by atoms with Crippen LogP contribution in [0.5, 0.6) is 5.75 Å². The number of anilines is 1. The van der Waals surface area contributed by atoms with Crippen LogP contribution in [0.2, 0.25) is 0 Å². The Kier molecular flexibility index (Phi) is 6.44.